The zero-order chi connectivity index (χ0) is 20.0. The van der Waals surface area contributed by atoms with E-state index in [9.17, 15) is 8.78 Å². The van der Waals surface area contributed by atoms with Gasteiger partial charge in [-0.2, -0.15) is 10.1 Å². The fourth-order valence-electron chi connectivity index (χ4n) is 3.25. The number of halogens is 2. The van der Waals surface area contributed by atoms with Gasteiger partial charge in [0.25, 0.3) is 5.92 Å². The third-order valence-electron chi connectivity index (χ3n) is 5.00. The molecule has 0 radical (unpaired) electrons. The molecule has 5 rings (SSSR count). The molecule has 0 unspecified atom stereocenters. The minimum absolute atomic E-state index is 0.0413. The number of benzene rings is 1. The van der Waals surface area contributed by atoms with Crippen LogP contribution in [0.4, 0.5) is 26.4 Å². The maximum Gasteiger partial charge on any atom is 0.257 e. The van der Waals surface area contributed by atoms with Crippen LogP contribution in [0.3, 0.4) is 0 Å². The average molecular weight is 396 g/mol. The minimum atomic E-state index is -2.63. The molecule has 148 valence electrons. The van der Waals surface area contributed by atoms with Crippen LogP contribution in [0.1, 0.15) is 36.6 Å². The number of H-pyrrole nitrogens is 2. The summed E-state index contributed by atoms with van der Waals surface area (Å²) in [5.74, 6) is -2.03. The van der Waals surface area contributed by atoms with Crippen molar-refractivity contribution in [1.29, 1.82) is 0 Å². The first kappa shape index (κ1) is 17.5. The summed E-state index contributed by atoms with van der Waals surface area (Å²) in [7, 11) is 0. The number of imidazole rings is 1. The molecule has 4 N–H and O–H groups in total. The van der Waals surface area contributed by atoms with E-state index in [-0.39, 0.29) is 12.5 Å². The van der Waals surface area contributed by atoms with Gasteiger partial charge in [0.1, 0.15) is 5.82 Å². The van der Waals surface area contributed by atoms with Crippen molar-refractivity contribution in [2.75, 3.05) is 10.6 Å². The molecule has 2 atom stereocenters. The van der Waals surface area contributed by atoms with Crippen molar-refractivity contribution in [3.8, 4) is 0 Å². The summed E-state index contributed by atoms with van der Waals surface area (Å²) in [5, 5.41) is 13.0. The fraction of sp³-hybridized carbons (Fsp3) is 0.263. The third kappa shape index (κ3) is 3.48. The highest BCUT2D eigenvalue weighted by Gasteiger charge is 2.58. The van der Waals surface area contributed by atoms with Crippen LogP contribution in [-0.2, 0) is 0 Å². The van der Waals surface area contributed by atoms with Crippen LogP contribution in [-0.4, -0.2) is 36.1 Å². The molecule has 1 aliphatic rings. The van der Waals surface area contributed by atoms with Crippen LogP contribution in [0.25, 0.3) is 11.0 Å². The molecule has 8 nitrogen and oxygen atoms in total. The lowest BCUT2D eigenvalue weighted by Crippen LogP contribution is -2.10. The number of nitrogens with one attached hydrogen (secondary N) is 4. The van der Waals surface area contributed by atoms with Crippen molar-refractivity contribution in [2.45, 2.75) is 31.2 Å². The number of rotatable bonds is 6. The van der Waals surface area contributed by atoms with E-state index in [1.807, 2.05) is 25.1 Å². The first-order valence-corrected chi connectivity index (χ1v) is 9.21. The first-order chi connectivity index (χ1) is 14.0. The molecule has 1 fully saturated rings. The molecule has 10 heteroatoms. The van der Waals surface area contributed by atoms with Crippen molar-refractivity contribution < 1.29 is 8.78 Å². The van der Waals surface area contributed by atoms with Crippen molar-refractivity contribution in [2.24, 2.45) is 0 Å². The number of aromatic nitrogens is 6. The summed E-state index contributed by atoms with van der Waals surface area (Å²) in [6.45, 7) is 2.01. The smallest absolute Gasteiger partial charge is 0.257 e. The van der Waals surface area contributed by atoms with Gasteiger partial charge in [-0.05, 0) is 30.7 Å². The lowest BCUT2D eigenvalue weighted by atomic mass is 10.1. The van der Waals surface area contributed by atoms with Crippen molar-refractivity contribution in [3.63, 3.8) is 0 Å². The monoisotopic (exact) mass is 396 g/mol. The Balaban J connectivity index is 1.28. The lowest BCUT2D eigenvalue weighted by Gasteiger charge is -2.14. The number of hydrogen-bond donors (Lipinski definition) is 4. The molecule has 0 aliphatic heterocycles. The number of aromatic amines is 2. The van der Waals surface area contributed by atoms with E-state index in [4.69, 9.17) is 0 Å². The van der Waals surface area contributed by atoms with Gasteiger partial charge < -0.3 is 15.6 Å². The van der Waals surface area contributed by atoms with Crippen LogP contribution in [0.5, 0.6) is 0 Å². The Morgan fingerprint density at radius 3 is 2.86 bits per heavy atom. The first-order valence-electron chi connectivity index (χ1n) is 9.21. The van der Waals surface area contributed by atoms with E-state index in [0.717, 1.165) is 16.6 Å². The number of hydrogen-bond acceptors (Lipinski definition) is 6. The second-order valence-corrected chi connectivity index (χ2v) is 7.16. The zero-order valence-electron chi connectivity index (χ0n) is 15.4. The number of fused-ring (bicyclic) bond motifs is 1. The average Bonchev–Trinajstić information content (AvgIpc) is 3.08. The Bertz CT molecular complexity index is 1170. The molecular weight excluding hydrogens is 378 g/mol. The summed E-state index contributed by atoms with van der Waals surface area (Å²) < 4.78 is 26.4. The molecule has 1 aliphatic carbocycles. The molecule has 0 saturated heterocycles. The van der Waals surface area contributed by atoms with E-state index in [1.165, 1.54) is 0 Å². The predicted octanol–water partition coefficient (Wildman–Crippen LogP) is 4.12. The quantitative estimate of drug-likeness (QED) is 0.391. The van der Waals surface area contributed by atoms with Gasteiger partial charge in [0.05, 0.1) is 29.3 Å². The Kier molecular flexibility index (Phi) is 3.93. The predicted molar refractivity (Wildman–Crippen MR) is 104 cm³/mol. The summed E-state index contributed by atoms with van der Waals surface area (Å²) in [5.41, 5.74) is 3.34. The van der Waals surface area contributed by atoms with Crippen LogP contribution in [0, 0.1) is 0 Å². The van der Waals surface area contributed by atoms with Gasteiger partial charge in [0.2, 0.25) is 5.95 Å². The van der Waals surface area contributed by atoms with Crippen LogP contribution in [0.2, 0.25) is 0 Å². The molecule has 0 spiro atoms. The maximum absolute atomic E-state index is 13.2. The van der Waals surface area contributed by atoms with Gasteiger partial charge in [0.15, 0.2) is 5.82 Å². The number of alkyl halides is 2. The van der Waals surface area contributed by atoms with Gasteiger partial charge in [-0.3, -0.25) is 5.10 Å². The van der Waals surface area contributed by atoms with E-state index in [2.05, 4.69) is 40.8 Å². The van der Waals surface area contributed by atoms with Crippen molar-refractivity contribution in [3.05, 3.63) is 54.1 Å². The van der Waals surface area contributed by atoms with Gasteiger partial charge in [-0.1, -0.05) is 6.07 Å². The number of nitrogens with zero attached hydrogens (tertiary/aromatic N) is 4. The van der Waals surface area contributed by atoms with Gasteiger partial charge in [0, 0.05) is 24.4 Å². The van der Waals surface area contributed by atoms with Crippen LogP contribution in [0.15, 0.2) is 42.9 Å². The molecule has 29 heavy (non-hydrogen) atoms. The van der Waals surface area contributed by atoms with Crippen molar-refractivity contribution >= 4 is 28.6 Å². The normalized spacial score (nSPS) is 18.5. The SMILES string of the molecule is C[C@H](Nc1nccc(Nc2cc([C@@H]3CC3(F)F)[nH]n2)n1)c1ccc2[nH]cnc2c1. The molecule has 0 bridgehead atoms. The standard InChI is InChI=1S/C19H18F2N8/c1-10(11-2-3-13-15(6-11)24-9-23-13)25-18-22-5-4-16(27-18)26-17-7-14(28-29-17)12-8-19(12,20)21/h2-7,9-10,12H,8H2,1H3,(H,23,24)(H3,22,25,26,27,28,29)/t10-,12-/m0/s1. The highest BCUT2D eigenvalue weighted by atomic mass is 19.3. The molecule has 3 aromatic heterocycles. The Hall–Kier alpha value is -3.56. The molecule has 0 amide bonds. The summed E-state index contributed by atoms with van der Waals surface area (Å²) in [6, 6.07) is 9.23. The zero-order valence-corrected chi connectivity index (χ0v) is 15.4. The van der Waals surface area contributed by atoms with E-state index in [1.54, 1.807) is 24.7 Å². The van der Waals surface area contributed by atoms with Crippen molar-refractivity contribution in [1.82, 2.24) is 30.1 Å². The van der Waals surface area contributed by atoms with E-state index < -0.39 is 11.8 Å². The second-order valence-electron chi connectivity index (χ2n) is 7.16. The van der Waals surface area contributed by atoms with Crippen LogP contribution >= 0.6 is 0 Å². The lowest BCUT2D eigenvalue weighted by molar-refractivity contribution is 0.111. The summed E-state index contributed by atoms with van der Waals surface area (Å²) >= 11 is 0. The third-order valence-corrected chi connectivity index (χ3v) is 5.00. The van der Waals surface area contributed by atoms with E-state index in [0.29, 0.717) is 23.3 Å². The van der Waals surface area contributed by atoms with Gasteiger partial charge >= 0.3 is 0 Å². The van der Waals surface area contributed by atoms with Gasteiger partial charge in [-0.25, -0.2) is 18.7 Å². The van der Waals surface area contributed by atoms with Gasteiger partial charge in [-0.15, -0.1) is 0 Å². The Morgan fingerprint density at radius 1 is 1.17 bits per heavy atom. The fourth-order valence-corrected chi connectivity index (χ4v) is 3.25. The van der Waals surface area contributed by atoms with Crippen LogP contribution < -0.4 is 10.6 Å². The highest BCUT2D eigenvalue weighted by molar-refractivity contribution is 5.75. The molecule has 3 heterocycles. The highest BCUT2D eigenvalue weighted by Crippen LogP contribution is 2.55. The Labute approximate surface area is 164 Å². The minimum Gasteiger partial charge on any atom is -0.348 e. The molecule has 1 aromatic carbocycles. The maximum atomic E-state index is 13.2. The second kappa shape index (κ2) is 6.50. The summed E-state index contributed by atoms with van der Waals surface area (Å²) in [4.78, 5) is 16.0. The molecule has 4 aromatic rings. The topological polar surface area (TPSA) is 107 Å². The Morgan fingerprint density at radius 2 is 2.03 bits per heavy atom. The largest absolute Gasteiger partial charge is 0.348 e. The van der Waals surface area contributed by atoms with E-state index >= 15 is 0 Å². The molecule has 1 saturated carbocycles. The molecular formula is C19H18F2N8. The summed E-state index contributed by atoms with van der Waals surface area (Å²) in [6.07, 6.45) is 3.14. The number of anilines is 3.